The molecule has 0 aliphatic carbocycles. The van der Waals surface area contributed by atoms with Gasteiger partial charge in [-0.15, -0.1) is 10.2 Å². The molecule has 0 radical (unpaired) electrons. The van der Waals surface area contributed by atoms with Gasteiger partial charge in [0.05, 0.1) is 0 Å². The van der Waals surface area contributed by atoms with E-state index >= 15 is 0 Å². The van der Waals surface area contributed by atoms with Crippen molar-refractivity contribution in [2.75, 3.05) is 0 Å². The second-order valence-corrected chi connectivity index (χ2v) is 1.99. The molecule has 2 heterocycles. The van der Waals surface area contributed by atoms with Crippen molar-refractivity contribution in [3.8, 4) is 0 Å². The molecule has 5 nitrogen and oxygen atoms in total. The number of carbonyl (C=O) groups excluding carboxylic acids is 1. The highest BCUT2D eigenvalue weighted by molar-refractivity contribution is 5.80. The highest BCUT2D eigenvalue weighted by Crippen LogP contribution is 1.99. The maximum atomic E-state index is 10.4. The summed E-state index contributed by atoms with van der Waals surface area (Å²) >= 11 is 0. The van der Waals surface area contributed by atoms with Gasteiger partial charge in [0.1, 0.15) is 12.0 Å². The first-order chi connectivity index (χ1) is 5.42. The van der Waals surface area contributed by atoms with Crippen molar-refractivity contribution in [3.05, 3.63) is 24.4 Å². The normalized spacial score (nSPS) is 10.2. The van der Waals surface area contributed by atoms with Gasteiger partial charge in [0, 0.05) is 12.4 Å². The van der Waals surface area contributed by atoms with Crippen LogP contribution in [-0.4, -0.2) is 25.9 Å². The SMILES string of the molecule is O=Cc1nccn2cnnc12. The Morgan fingerprint density at radius 1 is 1.55 bits per heavy atom. The van der Waals surface area contributed by atoms with Crippen molar-refractivity contribution < 1.29 is 4.79 Å². The zero-order valence-electron chi connectivity index (χ0n) is 5.51. The van der Waals surface area contributed by atoms with E-state index in [4.69, 9.17) is 0 Å². The lowest BCUT2D eigenvalue weighted by Crippen LogP contribution is -1.92. The maximum absolute atomic E-state index is 10.4. The Balaban J connectivity index is 2.88. The first-order valence-corrected chi connectivity index (χ1v) is 3.01. The predicted molar refractivity (Wildman–Crippen MR) is 36.2 cm³/mol. The molecule has 11 heavy (non-hydrogen) atoms. The lowest BCUT2D eigenvalue weighted by molar-refractivity contribution is 0.112. The van der Waals surface area contributed by atoms with Crippen molar-refractivity contribution >= 4 is 11.9 Å². The number of hydrogen-bond donors (Lipinski definition) is 0. The Morgan fingerprint density at radius 2 is 2.45 bits per heavy atom. The van der Waals surface area contributed by atoms with E-state index in [0.29, 0.717) is 17.6 Å². The summed E-state index contributed by atoms with van der Waals surface area (Å²) in [7, 11) is 0. The third-order valence-corrected chi connectivity index (χ3v) is 1.35. The summed E-state index contributed by atoms with van der Waals surface area (Å²) in [4.78, 5) is 14.2. The summed E-state index contributed by atoms with van der Waals surface area (Å²) in [6.07, 6.45) is 5.39. The Morgan fingerprint density at radius 3 is 3.27 bits per heavy atom. The largest absolute Gasteiger partial charge is 0.296 e. The molecule has 0 amide bonds. The van der Waals surface area contributed by atoms with Crippen LogP contribution in [0.1, 0.15) is 10.5 Å². The lowest BCUT2D eigenvalue weighted by Gasteiger charge is -1.90. The molecule has 0 spiro atoms. The van der Waals surface area contributed by atoms with Gasteiger partial charge in [-0.3, -0.25) is 9.20 Å². The summed E-state index contributed by atoms with van der Waals surface area (Å²) in [5.41, 5.74) is 0.799. The molecule has 0 saturated carbocycles. The van der Waals surface area contributed by atoms with Gasteiger partial charge in [-0.1, -0.05) is 0 Å². The summed E-state index contributed by atoms with van der Waals surface area (Å²) in [5, 5.41) is 7.33. The second-order valence-electron chi connectivity index (χ2n) is 1.99. The molecule has 0 aliphatic rings. The van der Waals surface area contributed by atoms with Crippen LogP contribution in [0.25, 0.3) is 5.65 Å². The molecule has 0 aromatic carbocycles. The molecule has 5 heteroatoms. The number of fused-ring (bicyclic) bond motifs is 1. The predicted octanol–water partition coefficient (Wildman–Crippen LogP) is -0.0632. The van der Waals surface area contributed by atoms with Gasteiger partial charge in [0.15, 0.2) is 11.9 Å². The standard InChI is InChI=1S/C6H4N4O/c11-3-5-6-9-8-4-10(6)2-1-7-5/h1-4H. The highest BCUT2D eigenvalue weighted by Gasteiger charge is 2.00. The smallest absolute Gasteiger partial charge is 0.189 e. The highest BCUT2D eigenvalue weighted by atomic mass is 16.1. The second kappa shape index (κ2) is 2.12. The zero-order valence-corrected chi connectivity index (χ0v) is 5.51. The number of carbonyl (C=O) groups is 1. The lowest BCUT2D eigenvalue weighted by atomic mass is 10.5. The first kappa shape index (κ1) is 5.96. The average molecular weight is 148 g/mol. The fourth-order valence-electron chi connectivity index (χ4n) is 0.861. The molecular weight excluding hydrogens is 144 g/mol. The van der Waals surface area contributed by atoms with Crippen LogP contribution in [0.15, 0.2) is 18.7 Å². The van der Waals surface area contributed by atoms with Crippen LogP contribution in [0, 0.1) is 0 Å². The summed E-state index contributed by atoms with van der Waals surface area (Å²) < 4.78 is 1.64. The topological polar surface area (TPSA) is 60.2 Å². The number of aldehydes is 1. The number of rotatable bonds is 1. The summed E-state index contributed by atoms with van der Waals surface area (Å²) in [5.74, 6) is 0. The fourth-order valence-corrected chi connectivity index (χ4v) is 0.861. The van der Waals surface area contributed by atoms with Gasteiger partial charge < -0.3 is 0 Å². The molecule has 2 aromatic rings. The number of hydrogen-bond acceptors (Lipinski definition) is 4. The summed E-state index contributed by atoms with van der Waals surface area (Å²) in [6, 6.07) is 0. The molecule has 0 atom stereocenters. The average Bonchev–Trinajstić information content (AvgIpc) is 2.50. The van der Waals surface area contributed by atoms with Crippen LogP contribution < -0.4 is 0 Å². The van der Waals surface area contributed by atoms with Gasteiger partial charge in [0.25, 0.3) is 0 Å². The molecule has 2 aromatic heterocycles. The first-order valence-electron chi connectivity index (χ1n) is 3.01. The minimum Gasteiger partial charge on any atom is -0.296 e. The van der Waals surface area contributed by atoms with E-state index in [1.807, 2.05) is 0 Å². The van der Waals surface area contributed by atoms with Crippen LogP contribution in [0.5, 0.6) is 0 Å². The van der Waals surface area contributed by atoms with Crippen molar-refractivity contribution in [2.24, 2.45) is 0 Å². The fraction of sp³-hybridized carbons (Fsp3) is 0. The van der Waals surface area contributed by atoms with Crippen LogP contribution in [-0.2, 0) is 0 Å². The molecular formula is C6H4N4O. The quantitative estimate of drug-likeness (QED) is 0.531. The van der Waals surface area contributed by atoms with Crippen LogP contribution in [0.3, 0.4) is 0 Å². The van der Waals surface area contributed by atoms with E-state index in [1.165, 1.54) is 12.5 Å². The molecule has 0 aliphatic heterocycles. The van der Waals surface area contributed by atoms with Crippen molar-refractivity contribution in [3.63, 3.8) is 0 Å². The van der Waals surface area contributed by atoms with Crippen LogP contribution in [0.4, 0.5) is 0 Å². The minimum absolute atomic E-state index is 0.310. The van der Waals surface area contributed by atoms with E-state index in [9.17, 15) is 4.79 Å². The Labute approximate surface area is 61.7 Å². The van der Waals surface area contributed by atoms with E-state index in [2.05, 4.69) is 15.2 Å². The number of nitrogens with zero attached hydrogens (tertiary/aromatic N) is 4. The Hall–Kier alpha value is -1.78. The molecule has 0 bridgehead atoms. The molecule has 0 N–H and O–H groups in total. The Kier molecular flexibility index (Phi) is 1.15. The van der Waals surface area contributed by atoms with Gasteiger partial charge in [0.2, 0.25) is 0 Å². The van der Waals surface area contributed by atoms with Crippen molar-refractivity contribution in [1.82, 2.24) is 19.6 Å². The number of aromatic nitrogens is 4. The molecule has 0 fully saturated rings. The third-order valence-electron chi connectivity index (χ3n) is 1.35. The van der Waals surface area contributed by atoms with Crippen LogP contribution >= 0.6 is 0 Å². The third kappa shape index (κ3) is 0.778. The molecule has 0 saturated heterocycles. The van der Waals surface area contributed by atoms with Gasteiger partial charge in [-0.25, -0.2) is 4.98 Å². The molecule has 2 rings (SSSR count). The van der Waals surface area contributed by atoms with Crippen molar-refractivity contribution in [1.29, 1.82) is 0 Å². The van der Waals surface area contributed by atoms with Crippen LogP contribution in [0.2, 0.25) is 0 Å². The minimum atomic E-state index is 0.310. The zero-order chi connectivity index (χ0) is 7.68. The van der Waals surface area contributed by atoms with E-state index < -0.39 is 0 Å². The van der Waals surface area contributed by atoms with Gasteiger partial charge in [-0.05, 0) is 0 Å². The van der Waals surface area contributed by atoms with Gasteiger partial charge >= 0.3 is 0 Å². The Bertz CT molecular complexity index is 394. The van der Waals surface area contributed by atoms with E-state index in [-0.39, 0.29) is 0 Å². The van der Waals surface area contributed by atoms with Gasteiger partial charge in [-0.2, -0.15) is 0 Å². The van der Waals surface area contributed by atoms with E-state index in [0.717, 1.165) is 0 Å². The molecule has 54 valence electrons. The maximum Gasteiger partial charge on any atom is 0.189 e. The van der Waals surface area contributed by atoms with E-state index in [1.54, 1.807) is 10.6 Å². The van der Waals surface area contributed by atoms with Crippen molar-refractivity contribution in [2.45, 2.75) is 0 Å². The summed E-state index contributed by atoms with van der Waals surface area (Å²) in [6.45, 7) is 0. The molecule has 0 unspecified atom stereocenters. The monoisotopic (exact) mass is 148 g/mol.